The fraction of sp³-hybridized carbons (Fsp3) is 0.538. The number of nitrogen functional groups attached to an aromatic ring is 1. The zero-order valence-corrected chi connectivity index (χ0v) is 13.2. The highest BCUT2D eigenvalue weighted by Gasteiger charge is 2.22. The number of nitrogens with zero attached hydrogens (tertiary/aromatic N) is 1. The van der Waals surface area contributed by atoms with Gasteiger partial charge in [-0.25, -0.2) is 8.42 Å². The number of rotatable bonds is 6. The van der Waals surface area contributed by atoms with Gasteiger partial charge in [0.1, 0.15) is 0 Å². The summed E-state index contributed by atoms with van der Waals surface area (Å²) in [6.07, 6.45) is 1.12. The summed E-state index contributed by atoms with van der Waals surface area (Å²) >= 11 is 0. The molecule has 0 aliphatic rings. The second-order valence-corrected chi connectivity index (χ2v) is 7.56. The van der Waals surface area contributed by atoms with Crippen LogP contribution in [-0.4, -0.2) is 57.5 Å². The van der Waals surface area contributed by atoms with E-state index in [1.165, 1.54) is 6.07 Å². The lowest BCUT2D eigenvalue weighted by atomic mass is 10.1. The molecule has 20 heavy (non-hydrogen) atoms. The number of anilines is 2. The quantitative estimate of drug-likeness (QED) is 0.658. The molecule has 0 heterocycles. The van der Waals surface area contributed by atoms with Crippen LogP contribution < -0.4 is 11.1 Å². The number of hydrogen-bond donors (Lipinski definition) is 3. The van der Waals surface area contributed by atoms with E-state index in [1.54, 1.807) is 19.1 Å². The maximum Gasteiger partial charge on any atom is 0.177 e. The lowest BCUT2D eigenvalue weighted by Crippen LogP contribution is -2.43. The molecule has 7 heteroatoms. The van der Waals surface area contributed by atoms with Gasteiger partial charge in [-0.1, -0.05) is 6.07 Å². The maximum absolute atomic E-state index is 11.6. The highest BCUT2D eigenvalue weighted by Crippen LogP contribution is 2.26. The molecule has 0 aliphatic carbocycles. The summed E-state index contributed by atoms with van der Waals surface area (Å²) in [5, 5.41) is 13.2. The highest BCUT2D eigenvalue weighted by molar-refractivity contribution is 7.90. The molecule has 1 unspecified atom stereocenters. The van der Waals surface area contributed by atoms with Gasteiger partial charge >= 0.3 is 0 Å². The Kier molecular flexibility index (Phi) is 5.01. The minimum atomic E-state index is -3.36. The normalized spacial score (nSPS) is 15.1. The number of aliphatic hydroxyl groups is 1. The van der Waals surface area contributed by atoms with Crippen LogP contribution in [0.3, 0.4) is 0 Å². The fourth-order valence-electron chi connectivity index (χ4n) is 2.04. The Morgan fingerprint density at radius 1 is 1.40 bits per heavy atom. The summed E-state index contributed by atoms with van der Waals surface area (Å²) in [4.78, 5) is 1.97. The smallest absolute Gasteiger partial charge is 0.177 e. The van der Waals surface area contributed by atoms with Gasteiger partial charge in [0.25, 0.3) is 0 Å². The molecule has 0 radical (unpaired) electrons. The first-order chi connectivity index (χ1) is 9.03. The van der Waals surface area contributed by atoms with Gasteiger partial charge in [0.05, 0.1) is 21.9 Å². The zero-order chi connectivity index (χ0) is 15.6. The molecule has 0 saturated heterocycles. The maximum atomic E-state index is 11.6. The minimum absolute atomic E-state index is 0.0924. The van der Waals surface area contributed by atoms with Crippen molar-refractivity contribution >= 4 is 21.2 Å². The van der Waals surface area contributed by atoms with Crippen LogP contribution in [0, 0.1) is 0 Å². The number of nitrogens with two attached hydrogens (primary N) is 1. The second kappa shape index (κ2) is 5.99. The first-order valence-electron chi connectivity index (χ1n) is 6.22. The first kappa shape index (κ1) is 16.7. The summed E-state index contributed by atoms with van der Waals surface area (Å²) < 4.78 is 23.2. The summed E-state index contributed by atoms with van der Waals surface area (Å²) in [5.74, 6) is 0. The predicted octanol–water partition coefficient (Wildman–Crippen LogP) is 0.397. The molecule has 1 aromatic carbocycles. The van der Waals surface area contributed by atoms with Gasteiger partial charge in [-0.15, -0.1) is 0 Å². The van der Waals surface area contributed by atoms with Crippen molar-refractivity contribution in [2.75, 3.05) is 44.5 Å². The van der Waals surface area contributed by atoms with Gasteiger partial charge in [-0.3, -0.25) is 0 Å². The van der Waals surface area contributed by atoms with Crippen LogP contribution >= 0.6 is 0 Å². The Hall–Kier alpha value is -1.31. The summed E-state index contributed by atoms with van der Waals surface area (Å²) in [6, 6.07) is 4.78. The zero-order valence-electron chi connectivity index (χ0n) is 12.3. The van der Waals surface area contributed by atoms with Crippen molar-refractivity contribution in [3.05, 3.63) is 18.2 Å². The largest absolute Gasteiger partial charge is 0.396 e. The highest BCUT2D eigenvalue weighted by atomic mass is 32.2. The molecule has 0 amide bonds. The van der Waals surface area contributed by atoms with Crippen LogP contribution in [0.1, 0.15) is 6.92 Å². The van der Waals surface area contributed by atoms with E-state index in [1.807, 2.05) is 19.0 Å². The van der Waals surface area contributed by atoms with Gasteiger partial charge in [0, 0.05) is 19.3 Å². The molecule has 0 spiro atoms. The predicted molar refractivity (Wildman–Crippen MR) is 81.6 cm³/mol. The van der Waals surface area contributed by atoms with Crippen molar-refractivity contribution in [2.24, 2.45) is 0 Å². The number of hydrogen-bond acceptors (Lipinski definition) is 6. The molecule has 1 atom stereocenters. The van der Waals surface area contributed by atoms with Gasteiger partial charge in [-0.05, 0) is 33.2 Å². The third-order valence-electron chi connectivity index (χ3n) is 2.78. The Bertz CT molecular complexity index is 568. The second-order valence-electron chi connectivity index (χ2n) is 5.58. The average molecular weight is 301 g/mol. The van der Waals surface area contributed by atoms with E-state index in [0.29, 0.717) is 12.2 Å². The van der Waals surface area contributed by atoms with E-state index < -0.39 is 15.4 Å². The fourth-order valence-corrected chi connectivity index (χ4v) is 2.88. The van der Waals surface area contributed by atoms with Crippen molar-refractivity contribution < 1.29 is 13.5 Å². The van der Waals surface area contributed by atoms with Gasteiger partial charge < -0.3 is 21.1 Å². The molecule has 1 aromatic rings. The van der Waals surface area contributed by atoms with Crippen molar-refractivity contribution in [2.45, 2.75) is 17.4 Å². The Balaban J connectivity index is 2.90. The Labute approximate surface area is 120 Å². The van der Waals surface area contributed by atoms with E-state index in [2.05, 4.69) is 5.32 Å². The molecule has 6 nitrogen and oxygen atoms in total. The Morgan fingerprint density at radius 3 is 2.50 bits per heavy atom. The van der Waals surface area contributed by atoms with Crippen LogP contribution in [0.2, 0.25) is 0 Å². The van der Waals surface area contributed by atoms with Crippen LogP contribution in [-0.2, 0) is 9.84 Å². The molecule has 0 aliphatic heterocycles. The number of benzene rings is 1. The number of likely N-dealkylation sites (N-methyl/N-ethyl adjacent to an activating group) is 1. The van der Waals surface area contributed by atoms with Crippen LogP contribution in [0.4, 0.5) is 11.4 Å². The van der Waals surface area contributed by atoms with Crippen molar-refractivity contribution in [3.8, 4) is 0 Å². The lowest BCUT2D eigenvalue weighted by Gasteiger charge is -2.28. The SMILES string of the molecule is CN(C)CC(C)(O)CNc1cccc(S(C)(=O)=O)c1N. The molecule has 114 valence electrons. The van der Waals surface area contributed by atoms with E-state index >= 15 is 0 Å². The van der Waals surface area contributed by atoms with Crippen molar-refractivity contribution in [3.63, 3.8) is 0 Å². The standard InChI is InChI=1S/C13H23N3O3S/c1-13(17,9-16(2)3)8-15-10-6-5-7-11(12(10)14)20(4,18)19/h5-7,15,17H,8-9,14H2,1-4H3. The first-order valence-corrected chi connectivity index (χ1v) is 8.11. The van der Waals surface area contributed by atoms with Crippen LogP contribution in [0.15, 0.2) is 23.1 Å². The topological polar surface area (TPSA) is 95.7 Å². The summed E-state index contributed by atoms with van der Waals surface area (Å²) in [7, 11) is 0.372. The van der Waals surface area contributed by atoms with Crippen LogP contribution in [0.5, 0.6) is 0 Å². The molecular formula is C13H23N3O3S. The van der Waals surface area contributed by atoms with E-state index in [0.717, 1.165) is 6.26 Å². The number of nitrogens with one attached hydrogen (secondary N) is 1. The van der Waals surface area contributed by atoms with E-state index in [4.69, 9.17) is 5.73 Å². The van der Waals surface area contributed by atoms with E-state index in [-0.39, 0.29) is 17.1 Å². The monoisotopic (exact) mass is 301 g/mol. The third kappa shape index (κ3) is 4.66. The van der Waals surface area contributed by atoms with Crippen molar-refractivity contribution in [1.29, 1.82) is 0 Å². The van der Waals surface area contributed by atoms with Crippen LogP contribution in [0.25, 0.3) is 0 Å². The average Bonchev–Trinajstić information content (AvgIpc) is 2.24. The molecule has 1 rings (SSSR count). The molecule has 0 bridgehead atoms. The van der Waals surface area contributed by atoms with Gasteiger partial charge in [-0.2, -0.15) is 0 Å². The summed E-state index contributed by atoms with van der Waals surface area (Å²) in [5.41, 5.74) is 5.60. The number of sulfone groups is 1. The number of para-hydroxylation sites is 1. The Morgan fingerprint density at radius 2 is 2.00 bits per heavy atom. The molecule has 4 N–H and O–H groups in total. The summed E-state index contributed by atoms with van der Waals surface area (Å²) in [6.45, 7) is 2.45. The molecular weight excluding hydrogens is 278 g/mol. The molecule has 0 saturated carbocycles. The van der Waals surface area contributed by atoms with Crippen molar-refractivity contribution in [1.82, 2.24) is 4.90 Å². The molecule has 0 aromatic heterocycles. The molecule has 0 fully saturated rings. The minimum Gasteiger partial charge on any atom is -0.396 e. The third-order valence-corrected chi connectivity index (χ3v) is 3.94. The van der Waals surface area contributed by atoms with Gasteiger partial charge in [0.15, 0.2) is 9.84 Å². The van der Waals surface area contributed by atoms with Gasteiger partial charge in [0.2, 0.25) is 0 Å². The van der Waals surface area contributed by atoms with E-state index in [9.17, 15) is 13.5 Å². The lowest BCUT2D eigenvalue weighted by molar-refractivity contribution is 0.0460.